The van der Waals surface area contributed by atoms with Gasteiger partial charge in [-0.3, -0.25) is 14.7 Å². The van der Waals surface area contributed by atoms with Crippen molar-refractivity contribution in [2.45, 2.75) is 66.2 Å². The third kappa shape index (κ3) is 6.79. The van der Waals surface area contributed by atoms with Crippen LogP contribution in [0.2, 0.25) is 0 Å². The number of piperidine rings is 1. The third-order valence-corrected chi connectivity index (χ3v) is 5.69. The number of rotatable bonds is 7. The molecule has 5 nitrogen and oxygen atoms in total. The Balaban J connectivity index is 1.70. The number of carbonyl (C=O) groups excluding carboxylic acids is 1. The van der Waals surface area contributed by atoms with Gasteiger partial charge in [0.2, 0.25) is 5.91 Å². The van der Waals surface area contributed by atoms with Crippen molar-refractivity contribution >= 4 is 5.91 Å². The van der Waals surface area contributed by atoms with E-state index in [2.05, 4.69) is 39.5 Å². The Kier molecular flexibility index (Phi) is 7.71. The van der Waals surface area contributed by atoms with Crippen molar-refractivity contribution in [1.82, 2.24) is 15.2 Å². The van der Waals surface area contributed by atoms with Crippen LogP contribution in [0, 0.1) is 11.3 Å². The first-order valence-corrected chi connectivity index (χ1v) is 11.4. The maximum absolute atomic E-state index is 12.8. The van der Waals surface area contributed by atoms with E-state index in [1.165, 1.54) is 5.56 Å². The molecule has 1 fully saturated rings. The fourth-order valence-electron chi connectivity index (χ4n) is 4.06. The Hall–Kier alpha value is -2.40. The zero-order valence-electron chi connectivity index (χ0n) is 19.6. The van der Waals surface area contributed by atoms with Crippen molar-refractivity contribution in [2.75, 3.05) is 13.1 Å². The first-order valence-electron chi connectivity index (χ1n) is 11.4. The molecule has 2 aromatic rings. The summed E-state index contributed by atoms with van der Waals surface area (Å²) in [5.41, 5.74) is 1.80. The molecule has 0 unspecified atom stereocenters. The number of aromatic nitrogens is 1. The lowest BCUT2D eigenvalue weighted by Gasteiger charge is -2.38. The van der Waals surface area contributed by atoms with Crippen molar-refractivity contribution in [3.05, 3.63) is 59.9 Å². The van der Waals surface area contributed by atoms with Crippen LogP contribution in [0.25, 0.3) is 0 Å². The fourth-order valence-corrected chi connectivity index (χ4v) is 4.06. The SMILES string of the molecule is CC(C)Oc1ccc(CN2CCC[C@@H]([C@H](NC(=O)C(C)(C)C)c3ccccn3)C2)cc1. The van der Waals surface area contributed by atoms with Gasteiger partial charge in [-0.1, -0.05) is 39.0 Å². The van der Waals surface area contributed by atoms with Gasteiger partial charge >= 0.3 is 0 Å². The lowest BCUT2D eigenvalue weighted by atomic mass is 9.86. The Morgan fingerprint density at radius 3 is 2.55 bits per heavy atom. The van der Waals surface area contributed by atoms with Crippen molar-refractivity contribution in [2.24, 2.45) is 11.3 Å². The van der Waals surface area contributed by atoms with E-state index >= 15 is 0 Å². The molecule has 2 heterocycles. The molecular formula is C26H37N3O2. The molecule has 1 aliphatic heterocycles. The van der Waals surface area contributed by atoms with Gasteiger partial charge in [-0.15, -0.1) is 0 Å². The smallest absolute Gasteiger partial charge is 0.225 e. The number of hydrogen-bond acceptors (Lipinski definition) is 4. The quantitative estimate of drug-likeness (QED) is 0.682. The average Bonchev–Trinajstić information content (AvgIpc) is 2.73. The molecule has 2 atom stereocenters. The first-order chi connectivity index (χ1) is 14.7. The predicted molar refractivity (Wildman–Crippen MR) is 125 cm³/mol. The summed E-state index contributed by atoms with van der Waals surface area (Å²) in [6.45, 7) is 12.9. The van der Waals surface area contributed by atoms with Gasteiger partial charge in [-0.2, -0.15) is 0 Å². The summed E-state index contributed by atoms with van der Waals surface area (Å²) in [4.78, 5) is 19.9. The van der Waals surface area contributed by atoms with Crippen molar-refractivity contribution in [1.29, 1.82) is 0 Å². The van der Waals surface area contributed by atoms with Crippen LogP contribution in [0.5, 0.6) is 5.75 Å². The molecule has 3 rings (SSSR count). The number of nitrogens with one attached hydrogen (secondary N) is 1. The van der Waals surface area contributed by atoms with E-state index < -0.39 is 5.41 Å². The number of ether oxygens (including phenoxy) is 1. The second-order valence-corrected chi connectivity index (χ2v) is 9.90. The van der Waals surface area contributed by atoms with E-state index in [1.807, 2.05) is 59.0 Å². The second kappa shape index (κ2) is 10.3. The van der Waals surface area contributed by atoms with Gasteiger partial charge in [-0.05, 0) is 69.0 Å². The standard InChI is InChI=1S/C26H37N3O2/c1-19(2)31-22-13-11-20(12-14-22)17-29-16-8-9-21(18-29)24(23-10-6-7-15-27-23)28-25(30)26(3,4)5/h6-7,10-15,19,21,24H,8-9,16-18H2,1-5H3,(H,28,30)/t21-,24+/m1/s1. The van der Waals surface area contributed by atoms with Crippen LogP contribution in [0.4, 0.5) is 0 Å². The molecule has 1 aromatic heterocycles. The van der Waals surface area contributed by atoms with Crippen LogP contribution >= 0.6 is 0 Å². The molecule has 1 amide bonds. The van der Waals surface area contributed by atoms with E-state index in [-0.39, 0.29) is 18.1 Å². The number of carbonyl (C=O) groups is 1. The van der Waals surface area contributed by atoms with Crippen LogP contribution in [-0.4, -0.2) is 35.0 Å². The van der Waals surface area contributed by atoms with Gasteiger partial charge in [0, 0.05) is 24.7 Å². The molecule has 0 spiro atoms. The number of likely N-dealkylation sites (tertiary alicyclic amines) is 1. The normalized spacial score (nSPS) is 18.6. The average molecular weight is 424 g/mol. The highest BCUT2D eigenvalue weighted by molar-refractivity contribution is 5.81. The fraction of sp³-hybridized carbons (Fsp3) is 0.538. The summed E-state index contributed by atoms with van der Waals surface area (Å²) in [5.74, 6) is 1.31. The molecular weight excluding hydrogens is 386 g/mol. The van der Waals surface area contributed by atoms with Gasteiger partial charge < -0.3 is 10.1 Å². The molecule has 1 aliphatic rings. The molecule has 31 heavy (non-hydrogen) atoms. The van der Waals surface area contributed by atoms with Gasteiger partial charge in [0.15, 0.2) is 0 Å². The maximum atomic E-state index is 12.8. The van der Waals surface area contributed by atoms with Crippen molar-refractivity contribution in [3.8, 4) is 5.75 Å². The number of benzene rings is 1. The number of hydrogen-bond donors (Lipinski definition) is 1. The Morgan fingerprint density at radius 1 is 1.19 bits per heavy atom. The molecule has 0 radical (unpaired) electrons. The van der Waals surface area contributed by atoms with Crippen LogP contribution in [0.15, 0.2) is 48.7 Å². The predicted octanol–water partition coefficient (Wildman–Crippen LogP) is 4.98. The van der Waals surface area contributed by atoms with Crippen LogP contribution < -0.4 is 10.1 Å². The van der Waals surface area contributed by atoms with E-state index in [0.717, 1.165) is 43.9 Å². The summed E-state index contributed by atoms with van der Waals surface area (Å²) in [5, 5.41) is 3.31. The number of pyridine rings is 1. The van der Waals surface area contributed by atoms with Crippen molar-refractivity contribution in [3.63, 3.8) is 0 Å². The summed E-state index contributed by atoms with van der Waals surface area (Å²) < 4.78 is 5.76. The van der Waals surface area contributed by atoms with Crippen LogP contribution in [-0.2, 0) is 11.3 Å². The summed E-state index contributed by atoms with van der Waals surface area (Å²) in [6.07, 6.45) is 4.20. The minimum absolute atomic E-state index is 0.0704. The zero-order valence-corrected chi connectivity index (χ0v) is 19.6. The van der Waals surface area contributed by atoms with Gasteiger partial charge in [-0.25, -0.2) is 0 Å². The van der Waals surface area contributed by atoms with E-state index in [0.29, 0.717) is 5.92 Å². The molecule has 0 saturated carbocycles. The Labute approximate surface area is 187 Å². The zero-order chi connectivity index (χ0) is 22.4. The number of nitrogens with zero attached hydrogens (tertiary/aromatic N) is 2. The highest BCUT2D eigenvalue weighted by Gasteiger charge is 2.33. The monoisotopic (exact) mass is 423 g/mol. The first kappa shape index (κ1) is 23.3. The van der Waals surface area contributed by atoms with Crippen LogP contribution in [0.3, 0.4) is 0 Å². The Morgan fingerprint density at radius 2 is 1.94 bits per heavy atom. The minimum atomic E-state index is -0.429. The lowest BCUT2D eigenvalue weighted by molar-refractivity contribution is -0.130. The molecule has 168 valence electrons. The summed E-state index contributed by atoms with van der Waals surface area (Å²) in [7, 11) is 0. The molecule has 1 N–H and O–H groups in total. The van der Waals surface area contributed by atoms with Gasteiger partial charge in [0.25, 0.3) is 0 Å². The maximum Gasteiger partial charge on any atom is 0.225 e. The van der Waals surface area contributed by atoms with E-state index in [1.54, 1.807) is 0 Å². The molecule has 0 aliphatic carbocycles. The second-order valence-electron chi connectivity index (χ2n) is 9.90. The lowest BCUT2D eigenvalue weighted by Crippen LogP contribution is -2.45. The minimum Gasteiger partial charge on any atom is -0.491 e. The van der Waals surface area contributed by atoms with Gasteiger partial charge in [0.05, 0.1) is 17.8 Å². The summed E-state index contributed by atoms with van der Waals surface area (Å²) in [6, 6.07) is 14.3. The topological polar surface area (TPSA) is 54.5 Å². The molecule has 0 bridgehead atoms. The van der Waals surface area contributed by atoms with Gasteiger partial charge in [0.1, 0.15) is 5.75 Å². The Bertz CT molecular complexity index is 828. The van der Waals surface area contributed by atoms with E-state index in [4.69, 9.17) is 4.74 Å². The highest BCUT2D eigenvalue weighted by atomic mass is 16.5. The van der Waals surface area contributed by atoms with E-state index in [9.17, 15) is 4.79 Å². The molecule has 1 saturated heterocycles. The summed E-state index contributed by atoms with van der Waals surface area (Å²) >= 11 is 0. The van der Waals surface area contributed by atoms with Crippen molar-refractivity contribution < 1.29 is 9.53 Å². The molecule has 5 heteroatoms. The highest BCUT2D eigenvalue weighted by Crippen LogP contribution is 2.31. The van der Waals surface area contributed by atoms with Crippen LogP contribution in [0.1, 0.15) is 64.8 Å². The largest absolute Gasteiger partial charge is 0.491 e. The third-order valence-electron chi connectivity index (χ3n) is 5.69. The molecule has 1 aromatic carbocycles. The number of amides is 1.